The summed E-state index contributed by atoms with van der Waals surface area (Å²) in [5.74, 6) is 0.971. The Hall–Kier alpha value is -3.59. The van der Waals surface area contributed by atoms with E-state index in [9.17, 15) is 9.59 Å². The molecule has 9 heteroatoms. The number of amides is 2. The van der Waals surface area contributed by atoms with E-state index < -0.39 is 6.04 Å². The topological polar surface area (TPSA) is 101 Å². The van der Waals surface area contributed by atoms with Crippen molar-refractivity contribution in [2.75, 3.05) is 31.6 Å². The lowest BCUT2D eigenvalue weighted by atomic mass is 9.74. The van der Waals surface area contributed by atoms with Crippen LogP contribution in [-0.2, 0) is 19.7 Å². The molecule has 1 fully saturated rings. The molecule has 0 saturated carbocycles. The first-order chi connectivity index (χ1) is 16.1. The number of carbonyl (C=O) groups excluding carboxylic acids is 2. The molecule has 2 N–H and O–H groups in total. The van der Waals surface area contributed by atoms with E-state index in [1.807, 2.05) is 36.4 Å². The molecule has 0 radical (unpaired) electrons. The monoisotopic (exact) mass is 450 g/mol. The summed E-state index contributed by atoms with van der Waals surface area (Å²) in [5.41, 5.74) is 4.30. The number of benzene rings is 2. The van der Waals surface area contributed by atoms with Gasteiger partial charge in [0.25, 0.3) is 11.8 Å². The fraction of sp³-hybridized carbons (Fsp3) is 0.375. The lowest BCUT2D eigenvalue weighted by Crippen LogP contribution is -2.59. The van der Waals surface area contributed by atoms with Crippen LogP contribution in [0.25, 0.3) is 0 Å². The van der Waals surface area contributed by atoms with Gasteiger partial charge in [0.15, 0.2) is 11.5 Å². The molecular formula is C24H26N4O5. The Morgan fingerprint density at radius 1 is 1.15 bits per heavy atom. The number of carbonyl (C=O) groups is 2. The van der Waals surface area contributed by atoms with Crippen LogP contribution in [0.4, 0.5) is 5.69 Å². The second-order valence-corrected chi connectivity index (χ2v) is 8.42. The van der Waals surface area contributed by atoms with E-state index in [1.54, 1.807) is 19.1 Å². The Kier molecular flexibility index (Phi) is 5.63. The lowest BCUT2D eigenvalue weighted by molar-refractivity contribution is -0.120. The van der Waals surface area contributed by atoms with Crippen molar-refractivity contribution in [1.29, 1.82) is 0 Å². The minimum atomic E-state index is -0.668. The molecule has 3 aliphatic rings. The zero-order valence-corrected chi connectivity index (χ0v) is 18.4. The van der Waals surface area contributed by atoms with E-state index in [0.717, 1.165) is 24.2 Å². The van der Waals surface area contributed by atoms with Gasteiger partial charge in [-0.15, -0.1) is 0 Å². The van der Waals surface area contributed by atoms with Crippen molar-refractivity contribution in [1.82, 2.24) is 10.7 Å². The molecule has 2 aromatic rings. The highest BCUT2D eigenvalue weighted by Crippen LogP contribution is 2.40. The summed E-state index contributed by atoms with van der Waals surface area (Å²) in [6.45, 7) is 3.52. The number of para-hydroxylation sites is 1. The van der Waals surface area contributed by atoms with Gasteiger partial charge >= 0.3 is 0 Å². The number of amidine groups is 1. The summed E-state index contributed by atoms with van der Waals surface area (Å²) in [7, 11) is 0. The van der Waals surface area contributed by atoms with Crippen molar-refractivity contribution in [3.63, 3.8) is 0 Å². The molecule has 2 amide bonds. The predicted octanol–water partition coefficient (Wildman–Crippen LogP) is 1.92. The highest BCUT2D eigenvalue weighted by molar-refractivity contribution is 6.39. The molecule has 3 heterocycles. The second kappa shape index (κ2) is 8.74. The molecule has 3 aliphatic heterocycles. The third kappa shape index (κ3) is 4.11. The Bertz CT molecular complexity index is 1080. The number of ether oxygens (including phenoxy) is 3. The Labute approximate surface area is 191 Å². The van der Waals surface area contributed by atoms with Crippen molar-refractivity contribution in [2.45, 2.75) is 31.2 Å². The van der Waals surface area contributed by atoms with Crippen molar-refractivity contribution < 1.29 is 23.8 Å². The van der Waals surface area contributed by atoms with Gasteiger partial charge in [0, 0.05) is 25.2 Å². The molecule has 33 heavy (non-hydrogen) atoms. The zero-order chi connectivity index (χ0) is 22.8. The number of nitrogens with one attached hydrogen (secondary N) is 2. The van der Waals surface area contributed by atoms with Crippen LogP contribution < -0.4 is 25.2 Å². The van der Waals surface area contributed by atoms with Crippen LogP contribution in [0.1, 0.15) is 25.3 Å². The van der Waals surface area contributed by atoms with E-state index in [2.05, 4.69) is 15.7 Å². The molecule has 0 bridgehead atoms. The van der Waals surface area contributed by atoms with E-state index in [0.29, 0.717) is 31.2 Å². The quantitative estimate of drug-likeness (QED) is 0.722. The summed E-state index contributed by atoms with van der Waals surface area (Å²) in [4.78, 5) is 30.0. The fourth-order valence-corrected chi connectivity index (χ4v) is 4.39. The summed E-state index contributed by atoms with van der Waals surface area (Å²) in [6, 6.07) is 14.4. The number of aliphatic imine (C=N–C) groups is 1. The van der Waals surface area contributed by atoms with E-state index in [-0.39, 0.29) is 29.9 Å². The van der Waals surface area contributed by atoms with E-state index >= 15 is 0 Å². The summed E-state index contributed by atoms with van der Waals surface area (Å²) >= 11 is 0. The number of nitrogens with zero attached hydrogens (tertiary/aromatic N) is 2. The molecule has 0 aliphatic carbocycles. The normalized spacial score (nSPS) is 21.2. The predicted molar refractivity (Wildman–Crippen MR) is 121 cm³/mol. The van der Waals surface area contributed by atoms with Gasteiger partial charge in [-0.05, 0) is 49.6 Å². The molecule has 172 valence electrons. The van der Waals surface area contributed by atoms with Gasteiger partial charge in [0.1, 0.15) is 6.04 Å². The van der Waals surface area contributed by atoms with Crippen LogP contribution >= 0.6 is 0 Å². The Morgan fingerprint density at radius 2 is 1.91 bits per heavy atom. The fourth-order valence-electron chi connectivity index (χ4n) is 4.39. The first-order valence-corrected chi connectivity index (χ1v) is 11.1. The lowest BCUT2D eigenvalue weighted by Gasteiger charge is -2.38. The first kappa shape index (κ1) is 21.3. The maximum Gasteiger partial charge on any atom is 0.288 e. The molecular weight excluding hydrogens is 424 g/mol. The van der Waals surface area contributed by atoms with E-state index in [1.165, 1.54) is 5.01 Å². The van der Waals surface area contributed by atoms with Gasteiger partial charge in [0.2, 0.25) is 12.6 Å². The van der Waals surface area contributed by atoms with Crippen molar-refractivity contribution in [3.05, 3.63) is 54.1 Å². The summed E-state index contributed by atoms with van der Waals surface area (Å²) in [5, 5.41) is 4.41. The van der Waals surface area contributed by atoms with Gasteiger partial charge in [-0.25, -0.2) is 10.0 Å². The smallest absolute Gasteiger partial charge is 0.288 e. The largest absolute Gasteiger partial charge is 0.454 e. The van der Waals surface area contributed by atoms with Crippen LogP contribution in [0.2, 0.25) is 0 Å². The molecule has 1 saturated heterocycles. The van der Waals surface area contributed by atoms with Crippen LogP contribution in [-0.4, -0.2) is 50.2 Å². The molecule has 0 spiro atoms. The first-order valence-electron chi connectivity index (χ1n) is 11.1. The number of hydrogen-bond acceptors (Lipinski definition) is 7. The number of rotatable bonds is 5. The number of hydrazine groups is 1. The average Bonchev–Trinajstić information content (AvgIpc) is 3.33. The van der Waals surface area contributed by atoms with Crippen LogP contribution in [0.15, 0.2) is 53.5 Å². The highest BCUT2D eigenvalue weighted by Gasteiger charge is 2.37. The van der Waals surface area contributed by atoms with Crippen molar-refractivity contribution >= 4 is 23.3 Å². The molecule has 1 atom stereocenters. The standard InChI is InChI=1S/C24H26N4O5/c1-16-23(30)28(18-5-3-2-4-6-18)27-21(26-16)22(29)25-14-24(9-11-31-12-10-24)17-7-8-19-20(13-17)33-15-32-19/h2-8,13,16H,9-12,14-15H2,1H3,(H,25,29)(H,26,27). The van der Waals surface area contributed by atoms with Crippen LogP contribution in [0.5, 0.6) is 11.5 Å². The van der Waals surface area contributed by atoms with Crippen LogP contribution in [0.3, 0.4) is 0 Å². The molecule has 1 unspecified atom stereocenters. The molecule has 9 nitrogen and oxygen atoms in total. The van der Waals surface area contributed by atoms with Gasteiger partial charge in [-0.1, -0.05) is 24.3 Å². The van der Waals surface area contributed by atoms with Crippen molar-refractivity contribution in [3.8, 4) is 11.5 Å². The van der Waals surface area contributed by atoms with Gasteiger partial charge in [-0.2, -0.15) is 0 Å². The van der Waals surface area contributed by atoms with Crippen LogP contribution in [0, 0.1) is 0 Å². The van der Waals surface area contributed by atoms with E-state index in [4.69, 9.17) is 14.2 Å². The molecule has 5 rings (SSSR count). The van der Waals surface area contributed by atoms with Gasteiger partial charge in [0.05, 0.1) is 5.69 Å². The maximum absolute atomic E-state index is 13.1. The number of hydrogen-bond donors (Lipinski definition) is 2. The average molecular weight is 450 g/mol. The van der Waals surface area contributed by atoms with Crippen molar-refractivity contribution in [2.24, 2.45) is 4.99 Å². The molecule has 2 aromatic carbocycles. The zero-order valence-electron chi connectivity index (χ0n) is 18.4. The maximum atomic E-state index is 13.1. The SMILES string of the molecule is CC1N=C(C(=O)NCC2(c3ccc4c(c3)OCO4)CCOCC2)NN(c2ccccc2)C1=O. The minimum Gasteiger partial charge on any atom is -0.454 e. The molecule has 0 aromatic heterocycles. The Balaban J connectivity index is 1.34. The highest BCUT2D eigenvalue weighted by atomic mass is 16.7. The number of fused-ring (bicyclic) bond motifs is 1. The Morgan fingerprint density at radius 3 is 2.70 bits per heavy atom. The van der Waals surface area contributed by atoms with Gasteiger partial charge in [-0.3, -0.25) is 15.0 Å². The number of anilines is 1. The third-order valence-electron chi connectivity index (χ3n) is 6.37. The second-order valence-electron chi connectivity index (χ2n) is 8.42. The summed E-state index contributed by atoms with van der Waals surface area (Å²) in [6.07, 6.45) is 1.52. The minimum absolute atomic E-state index is 0.110. The van der Waals surface area contributed by atoms with Gasteiger partial charge < -0.3 is 19.5 Å². The third-order valence-corrected chi connectivity index (χ3v) is 6.37. The summed E-state index contributed by atoms with van der Waals surface area (Å²) < 4.78 is 16.6.